The molecule has 0 nitrogen and oxygen atoms in total. The largest absolute Gasteiger partial charge is 0.0846 e. The highest BCUT2D eigenvalue weighted by Crippen LogP contribution is 2.25. The first-order valence-corrected chi connectivity index (χ1v) is 3.88. The fourth-order valence-electron chi connectivity index (χ4n) is 1.34. The lowest BCUT2D eigenvalue weighted by Gasteiger charge is -1.96. The third-order valence-electron chi connectivity index (χ3n) is 1.93. The molecule has 0 aliphatic heterocycles. The van der Waals surface area contributed by atoms with E-state index in [-0.39, 0.29) is 0 Å². The van der Waals surface area contributed by atoms with Gasteiger partial charge in [0.1, 0.15) is 0 Å². The minimum Gasteiger partial charge on any atom is -0.0846 e. The van der Waals surface area contributed by atoms with Crippen molar-refractivity contribution in [1.82, 2.24) is 0 Å². The van der Waals surface area contributed by atoms with E-state index in [9.17, 15) is 0 Å². The Morgan fingerprint density at radius 3 is 2.33 bits per heavy atom. The van der Waals surface area contributed by atoms with Gasteiger partial charge >= 0.3 is 0 Å². The van der Waals surface area contributed by atoms with Crippen LogP contribution in [0.3, 0.4) is 0 Å². The molecule has 0 fully saturated rings. The molecule has 0 aromatic carbocycles. The quantitative estimate of drug-likeness (QED) is 0.505. The van der Waals surface area contributed by atoms with E-state index in [0.717, 1.165) is 12.8 Å². The number of hydrogen-bond donors (Lipinski definition) is 0. The van der Waals surface area contributed by atoms with Crippen LogP contribution in [0, 0.1) is 0 Å². The van der Waals surface area contributed by atoms with Gasteiger partial charge in [0.2, 0.25) is 0 Å². The average molecular weight is 140 g/mol. The third-order valence-corrected chi connectivity index (χ3v) is 2.38. The van der Waals surface area contributed by atoms with Gasteiger partial charge in [-0.3, -0.25) is 0 Å². The van der Waals surface area contributed by atoms with E-state index in [0.29, 0.717) is 0 Å². The molecular weight excluding hydrogens is 128 g/mol. The molecule has 0 saturated heterocycles. The summed E-state index contributed by atoms with van der Waals surface area (Å²) in [4.78, 5) is 1.20. The van der Waals surface area contributed by atoms with Gasteiger partial charge in [-0.15, -0.1) is 0 Å². The summed E-state index contributed by atoms with van der Waals surface area (Å²) in [6.07, 6.45) is 3.47. The van der Waals surface area contributed by atoms with Crippen molar-refractivity contribution in [3.05, 3.63) is 11.1 Å². The summed E-state index contributed by atoms with van der Waals surface area (Å²) < 4.78 is 0. The third kappa shape index (κ3) is 1.21. The molecule has 1 aliphatic carbocycles. The fraction of sp³-hybridized carbons (Fsp3) is 0.625. The molecule has 1 heteroatoms. The van der Waals surface area contributed by atoms with Gasteiger partial charge in [-0.1, -0.05) is 24.7 Å². The summed E-state index contributed by atoms with van der Waals surface area (Å²) in [6, 6.07) is 0. The molecule has 0 aromatic heterocycles. The molecule has 0 amide bonds. The van der Waals surface area contributed by atoms with Gasteiger partial charge < -0.3 is 0 Å². The van der Waals surface area contributed by atoms with Gasteiger partial charge in [0.25, 0.3) is 0 Å². The van der Waals surface area contributed by atoms with E-state index in [4.69, 9.17) is 12.2 Å². The van der Waals surface area contributed by atoms with Gasteiger partial charge in [0.15, 0.2) is 0 Å². The first-order valence-electron chi connectivity index (χ1n) is 3.47. The Labute approximate surface area is 62.0 Å². The molecule has 9 heavy (non-hydrogen) atoms. The molecule has 0 aromatic rings. The second kappa shape index (κ2) is 2.61. The Morgan fingerprint density at radius 1 is 1.44 bits per heavy atom. The van der Waals surface area contributed by atoms with Crippen LogP contribution < -0.4 is 0 Å². The van der Waals surface area contributed by atoms with E-state index in [2.05, 4.69) is 13.8 Å². The summed E-state index contributed by atoms with van der Waals surface area (Å²) in [7, 11) is 0. The summed E-state index contributed by atoms with van der Waals surface area (Å²) in [5.74, 6) is 0. The Balaban J connectivity index is 2.82. The van der Waals surface area contributed by atoms with E-state index < -0.39 is 0 Å². The molecule has 0 atom stereocenters. The van der Waals surface area contributed by atoms with Crippen molar-refractivity contribution in [2.45, 2.75) is 33.1 Å². The topological polar surface area (TPSA) is 0 Å². The van der Waals surface area contributed by atoms with Crippen molar-refractivity contribution in [3.8, 4) is 0 Å². The lowest BCUT2D eigenvalue weighted by molar-refractivity contribution is 1.05. The molecule has 0 heterocycles. The van der Waals surface area contributed by atoms with Gasteiger partial charge in [0, 0.05) is 4.86 Å². The Hall–Kier alpha value is -0.170. The zero-order valence-electron chi connectivity index (χ0n) is 6.03. The Kier molecular flexibility index (Phi) is 2.01. The first-order chi connectivity index (χ1) is 4.25. The smallest absolute Gasteiger partial charge is 0.0186 e. The number of allylic oxidation sites excluding steroid dienone is 2. The molecule has 1 aliphatic rings. The summed E-state index contributed by atoms with van der Waals surface area (Å²) >= 11 is 5.16. The second-order valence-electron chi connectivity index (χ2n) is 2.54. The summed E-state index contributed by atoms with van der Waals surface area (Å²) in [5, 5.41) is 0. The van der Waals surface area contributed by atoms with Crippen molar-refractivity contribution >= 4 is 17.1 Å². The lowest BCUT2D eigenvalue weighted by Crippen LogP contribution is -1.89. The van der Waals surface area contributed by atoms with Crippen LogP contribution in [0.5, 0.6) is 0 Å². The highest BCUT2D eigenvalue weighted by molar-refractivity contribution is 7.80. The van der Waals surface area contributed by atoms with Gasteiger partial charge in [-0.05, 0) is 31.8 Å². The van der Waals surface area contributed by atoms with Crippen LogP contribution in [0.2, 0.25) is 0 Å². The molecule has 0 bridgehead atoms. The fourth-order valence-corrected chi connectivity index (χ4v) is 1.76. The molecule has 0 unspecified atom stereocenters. The maximum Gasteiger partial charge on any atom is 0.0186 e. The molecule has 1 rings (SSSR count). The minimum atomic E-state index is 1.13. The highest BCUT2D eigenvalue weighted by atomic mass is 32.1. The van der Waals surface area contributed by atoms with E-state index in [1.54, 1.807) is 0 Å². The SMILES string of the molecule is CCC1=C(C)CCC1=S. The number of rotatable bonds is 1. The lowest BCUT2D eigenvalue weighted by atomic mass is 10.1. The molecule has 0 spiro atoms. The second-order valence-corrected chi connectivity index (χ2v) is 3.03. The molecule has 0 radical (unpaired) electrons. The monoisotopic (exact) mass is 140 g/mol. The standard InChI is InChI=1S/C8H12S/c1-3-7-6(2)4-5-8(7)9/h3-5H2,1-2H3. The van der Waals surface area contributed by atoms with Crippen LogP contribution in [0.25, 0.3) is 0 Å². The first kappa shape index (κ1) is 6.94. The molecule has 0 saturated carbocycles. The summed E-state index contributed by atoms with van der Waals surface area (Å²) in [6.45, 7) is 4.37. The molecule has 50 valence electrons. The maximum absolute atomic E-state index is 5.16. The zero-order chi connectivity index (χ0) is 6.85. The number of hydrogen-bond acceptors (Lipinski definition) is 1. The summed E-state index contributed by atoms with van der Waals surface area (Å²) in [5.41, 5.74) is 2.97. The minimum absolute atomic E-state index is 1.13. The normalized spacial score (nSPS) is 19.6. The maximum atomic E-state index is 5.16. The van der Waals surface area contributed by atoms with Crippen LogP contribution in [-0.2, 0) is 0 Å². The van der Waals surface area contributed by atoms with Crippen LogP contribution in [0.15, 0.2) is 11.1 Å². The Bertz CT molecular complexity index is 165. The average Bonchev–Trinajstić information content (AvgIpc) is 2.12. The van der Waals surface area contributed by atoms with Crippen molar-refractivity contribution in [3.63, 3.8) is 0 Å². The zero-order valence-corrected chi connectivity index (χ0v) is 6.85. The van der Waals surface area contributed by atoms with Crippen molar-refractivity contribution in [1.29, 1.82) is 0 Å². The van der Waals surface area contributed by atoms with Gasteiger partial charge in [0.05, 0.1) is 0 Å². The van der Waals surface area contributed by atoms with E-state index >= 15 is 0 Å². The number of thiocarbonyl (C=S) groups is 1. The predicted molar refractivity (Wildman–Crippen MR) is 44.8 cm³/mol. The van der Waals surface area contributed by atoms with Crippen LogP contribution in [-0.4, -0.2) is 4.86 Å². The van der Waals surface area contributed by atoms with Crippen LogP contribution in [0.1, 0.15) is 33.1 Å². The van der Waals surface area contributed by atoms with Gasteiger partial charge in [-0.2, -0.15) is 0 Å². The van der Waals surface area contributed by atoms with Gasteiger partial charge in [-0.25, -0.2) is 0 Å². The van der Waals surface area contributed by atoms with Crippen molar-refractivity contribution in [2.75, 3.05) is 0 Å². The van der Waals surface area contributed by atoms with Crippen molar-refractivity contribution < 1.29 is 0 Å². The van der Waals surface area contributed by atoms with E-state index in [1.807, 2.05) is 0 Å². The van der Waals surface area contributed by atoms with Crippen molar-refractivity contribution in [2.24, 2.45) is 0 Å². The van der Waals surface area contributed by atoms with Crippen LogP contribution in [0.4, 0.5) is 0 Å². The van der Waals surface area contributed by atoms with Crippen LogP contribution >= 0.6 is 12.2 Å². The highest BCUT2D eigenvalue weighted by Gasteiger charge is 2.13. The predicted octanol–water partition coefficient (Wildman–Crippen LogP) is 2.88. The molecular formula is C8H12S. The van der Waals surface area contributed by atoms with E-state index in [1.165, 1.54) is 22.4 Å². The Morgan fingerprint density at radius 2 is 2.11 bits per heavy atom. The molecule has 0 N–H and O–H groups in total.